The van der Waals surface area contributed by atoms with Crippen LogP contribution in [0.5, 0.6) is 5.75 Å². The maximum atomic E-state index is 12.0. The van der Waals surface area contributed by atoms with Crippen LogP contribution in [0.1, 0.15) is 26.7 Å². The summed E-state index contributed by atoms with van der Waals surface area (Å²) in [6.45, 7) is 5.43. The second kappa shape index (κ2) is 9.60. The van der Waals surface area contributed by atoms with Crippen LogP contribution in [-0.2, 0) is 9.53 Å². The third kappa shape index (κ3) is 6.33. The van der Waals surface area contributed by atoms with E-state index in [0.29, 0.717) is 42.7 Å². The van der Waals surface area contributed by atoms with E-state index in [1.54, 1.807) is 18.2 Å². The van der Waals surface area contributed by atoms with Crippen LogP contribution < -0.4 is 15.8 Å². The number of anilines is 1. The number of ether oxygens (including phenoxy) is 2. The molecule has 0 bridgehead atoms. The highest BCUT2D eigenvalue weighted by Crippen LogP contribution is 2.28. The SMILES string of the molecule is CCCC(N)C(=O)Nc1cc(Cl)ccc1OCCOCC. The molecule has 0 radical (unpaired) electrons. The van der Waals surface area contributed by atoms with Gasteiger partial charge in [-0.15, -0.1) is 0 Å². The average Bonchev–Trinajstić information content (AvgIpc) is 2.45. The highest BCUT2D eigenvalue weighted by molar-refractivity contribution is 6.31. The molecule has 6 heteroatoms. The Kier molecular flexibility index (Phi) is 8.12. The van der Waals surface area contributed by atoms with E-state index >= 15 is 0 Å². The molecule has 1 amide bonds. The van der Waals surface area contributed by atoms with Crippen molar-refractivity contribution in [1.82, 2.24) is 0 Å². The van der Waals surface area contributed by atoms with Gasteiger partial charge in [-0.2, -0.15) is 0 Å². The molecule has 1 aromatic carbocycles. The number of hydrogen-bond donors (Lipinski definition) is 2. The lowest BCUT2D eigenvalue weighted by Crippen LogP contribution is -2.35. The summed E-state index contributed by atoms with van der Waals surface area (Å²) < 4.78 is 10.8. The van der Waals surface area contributed by atoms with Crippen molar-refractivity contribution in [1.29, 1.82) is 0 Å². The Balaban J connectivity index is 2.70. The number of nitrogens with one attached hydrogen (secondary N) is 1. The first-order chi connectivity index (χ1) is 10.1. The molecule has 1 rings (SSSR count). The monoisotopic (exact) mass is 314 g/mol. The number of carbonyl (C=O) groups excluding carboxylic acids is 1. The summed E-state index contributed by atoms with van der Waals surface area (Å²) in [6, 6.07) is 4.54. The van der Waals surface area contributed by atoms with E-state index < -0.39 is 6.04 Å². The van der Waals surface area contributed by atoms with E-state index in [0.717, 1.165) is 6.42 Å². The zero-order valence-corrected chi connectivity index (χ0v) is 13.3. The lowest BCUT2D eigenvalue weighted by Gasteiger charge is -2.15. The minimum absolute atomic E-state index is 0.242. The van der Waals surface area contributed by atoms with E-state index in [2.05, 4.69) is 5.32 Å². The maximum Gasteiger partial charge on any atom is 0.241 e. The third-order valence-corrected chi connectivity index (χ3v) is 3.06. The van der Waals surface area contributed by atoms with Crippen molar-refractivity contribution >= 4 is 23.2 Å². The van der Waals surface area contributed by atoms with Gasteiger partial charge >= 0.3 is 0 Å². The summed E-state index contributed by atoms with van der Waals surface area (Å²) in [5, 5.41) is 3.28. The van der Waals surface area contributed by atoms with Crippen LogP contribution in [0, 0.1) is 0 Å². The Morgan fingerprint density at radius 2 is 2.14 bits per heavy atom. The second-order valence-electron chi connectivity index (χ2n) is 4.57. The van der Waals surface area contributed by atoms with Gasteiger partial charge in [0.05, 0.1) is 18.3 Å². The topological polar surface area (TPSA) is 73.6 Å². The highest BCUT2D eigenvalue weighted by Gasteiger charge is 2.15. The van der Waals surface area contributed by atoms with Crippen LogP contribution in [0.15, 0.2) is 18.2 Å². The number of nitrogens with two attached hydrogens (primary N) is 1. The molecule has 21 heavy (non-hydrogen) atoms. The molecule has 1 unspecified atom stereocenters. The van der Waals surface area contributed by atoms with Gasteiger partial charge in [0, 0.05) is 11.6 Å². The van der Waals surface area contributed by atoms with Crippen molar-refractivity contribution in [2.45, 2.75) is 32.7 Å². The first-order valence-electron chi connectivity index (χ1n) is 7.15. The predicted molar refractivity (Wildman–Crippen MR) is 85.0 cm³/mol. The lowest BCUT2D eigenvalue weighted by atomic mass is 10.1. The average molecular weight is 315 g/mol. The van der Waals surface area contributed by atoms with E-state index in [-0.39, 0.29) is 5.91 Å². The fourth-order valence-electron chi connectivity index (χ4n) is 1.75. The summed E-state index contributed by atoms with van der Waals surface area (Å²) in [6.07, 6.45) is 1.48. The van der Waals surface area contributed by atoms with E-state index in [1.165, 1.54) is 0 Å². The summed E-state index contributed by atoms with van der Waals surface area (Å²) >= 11 is 5.96. The Labute approximate surface area is 130 Å². The van der Waals surface area contributed by atoms with Gasteiger partial charge in [-0.1, -0.05) is 24.9 Å². The minimum Gasteiger partial charge on any atom is -0.489 e. The van der Waals surface area contributed by atoms with Crippen LogP contribution in [0.2, 0.25) is 5.02 Å². The molecule has 0 aliphatic rings. The number of carbonyl (C=O) groups is 1. The maximum absolute atomic E-state index is 12.0. The van der Waals surface area contributed by atoms with Crippen LogP contribution in [0.4, 0.5) is 5.69 Å². The molecule has 0 aliphatic heterocycles. The molecular formula is C15H23ClN2O3. The minimum atomic E-state index is -0.537. The summed E-state index contributed by atoms with van der Waals surface area (Å²) in [5.74, 6) is 0.310. The first-order valence-corrected chi connectivity index (χ1v) is 7.52. The zero-order valence-electron chi connectivity index (χ0n) is 12.5. The number of amides is 1. The van der Waals surface area contributed by atoms with Crippen molar-refractivity contribution < 1.29 is 14.3 Å². The molecule has 0 fully saturated rings. The standard InChI is InChI=1S/C15H23ClN2O3/c1-3-5-12(17)15(19)18-13-10-11(16)6-7-14(13)21-9-8-20-4-2/h6-7,10,12H,3-5,8-9,17H2,1-2H3,(H,18,19). The molecule has 3 N–H and O–H groups in total. The molecule has 5 nitrogen and oxygen atoms in total. The molecule has 118 valence electrons. The zero-order chi connectivity index (χ0) is 15.7. The molecule has 1 aromatic rings. The summed E-state index contributed by atoms with van der Waals surface area (Å²) in [7, 11) is 0. The van der Waals surface area contributed by atoms with Crippen molar-refractivity contribution in [2.24, 2.45) is 5.73 Å². The molecule has 1 atom stereocenters. The molecule has 0 saturated heterocycles. The number of hydrogen-bond acceptors (Lipinski definition) is 4. The Morgan fingerprint density at radius 3 is 2.81 bits per heavy atom. The first kappa shape index (κ1) is 17.8. The van der Waals surface area contributed by atoms with E-state index in [9.17, 15) is 4.79 Å². The molecule has 0 heterocycles. The van der Waals surface area contributed by atoms with Gasteiger partial charge in [0.1, 0.15) is 12.4 Å². The predicted octanol–water partition coefficient (Wildman–Crippen LogP) is 2.82. The van der Waals surface area contributed by atoms with Gasteiger partial charge in [-0.25, -0.2) is 0 Å². The Bertz CT molecular complexity index is 455. The number of benzene rings is 1. The second-order valence-corrected chi connectivity index (χ2v) is 5.01. The highest BCUT2D eigenvalue weighted by atomic mass is 35.5. The van der Waals surface area contributed by atoms with Crippen LogP contribution in [-0.4, -0.2) is 31.8 Å². The van der Waals surface area contributed by atoms with Gasteiger partial charge in [0.25, 0.3) is 0 Å². The van der Waals surface area contributed by atoms with Gasteiger partial charge in [0.2, 0.25) is 5.91 Å². The van der Waals surface area contributed by atoms with Crippen molar-refractivity contribution in [3.8, 4) is 5.75 Å². The largest absolute Gasteiger partial charge is 0.489 e. The van der Waals surface area contributed by atoms with Gasteiger partial charge < -0.3 is 20.5 Å². The molecular weight excluding hydrogens is 292 g/mol. The third-order valence-electron chi connectivity index (χ3n) is 2.83. The quantitative estimate of drug-likeness (QED) is 0.687. The van der Waals surface area contributed by atoms with Crippen LogP contribution in [0.3, 0.4) is 0 Å². The van der Waals surface area contributed by atoms with Crippen LogP contribution in [0.25, 0.3) is 0 Å². The van der Waals surface area contributed by atoms with E-state index in [1.807, 2.05) is 13.8 Å². The molecule has 0 spiro atoms. The molecule has 0 aliphatic carbocycles. The molecule has 0 aromatic heterocycles. The van der Waals surface area contributed by atoms with Gasteiger partial charge in [0.15, 0.2) is 0 Å². The number of halogens is 1. The van der Waals surface area contributed by atoms with Crippen LogP contribution >= 0.6 is 11.6 Å². The number of rotatable bonds is 9. The lowest BCUT2D eigenvalue weighted by molar-refractivity contribution is -0.117. The molecule has 0 saturated carbocycles. The van der Waals surface area contributed by atoms with Crippen molar-refractivity contribution in [3.63, 3.8) is 0 Å². The van der Waals surface area contributed by atoms with Gasteiger partial charge in [-0.05, 0) is 31.5 Å². The van der Waals surface area contributed by atoms with Crippen molar-refractivity contribution in [2.75, 3.05) is 25.1 Å². The van der Waals surface area contributed by atoms with E-state index in [4.69, 9.17) is 26.8 Å². The summed E-state index contributed by atoms with van der Waals surface area (Å²) in [5.41, 5.74) is 6.32. The fourth-order valence-corrected chi connectivity index (χ4v) is 1.92. The van der Waals surface area contributed by atoms with Crippen molar-refractivity contribution in [3.05, 3.63) is 23.2 Å². The Hall–Kier alpha value is -1.30. The summed E-state index contributed by atoms with van der Waals surface area (Å²) in [4.78, 5) is 12.0. The fraction of sp³-hybridized carbons (Fsp3) is 0.533. The van der Waals surface area contributed by atoms with Gasteiger partial charge in [-0.3, -0.25) is 4.79 Å². The smallest absolute Gasteiger partial charge is 0.241 e. The normalized spacial score (nSPS) is 12.0. The Morgan fingerprint density at radius 1 is 1.38 bits per heavy atom.